The average molecular weight is 414 g/mol. The third-order valence-electron chi connectivity index (χ3n) is 3.67. The van der Waals surface area contributed by atoms with Gasteiger partial charge in [-0.1, -0.05) is 24.1 Å². The Morgan fingerprint density at radius 3 is 1.97 bits per heavy atom. The van der Waals surface area contributed by atoms with Gasteiger partial charge in [0.25, 0.3) is 0 Å². The van der Waals surface area contributed by atoms with Crippen molar-refractivity contribution in [2.45, 2.75) is 0 Å². The van der Waals surface area contributed by atoms with E-state index >= 15 is 0 Å². The lowest BCUT2D eigenvalue weighted by atomic mass is 10.1. The van der Waals surface area contributed by atoms with E-state index in [0.717, 1.165) is 11.1 Å². The van der Waals surface area contributed by atoms with Gasteiger partial charge in [-0.25, -0.2) is 0 Å². The largest absolute Gasteiger partial charge is 0.481 e. The molecule has 0 saturated heterocycles. The fourth-order valence-corrected chi connectivity index (χ4v) is 2.41. The molecule has 2 aromatic carbocycles. The number of terminal acetylenes is 1. The zero-order chi connectivity index (χ0) is 21.6. The van der Waals surface area contributed by atoms with Gasteiger partial charge in [0.15, 0.2) is 31.9 Å². The summed E-state index contributed by atoms with van der Waals surface area (Å²) in [7, 11) is 4.67. The smallest absolute Gasteiger partial charge is 0.188 e. The highest BCUT2D eigenvalue weighted by Gasteiger charge is 2.07. The van der Waals surface area contributed by atoms with Gasteiger partial charge in [-0.05, 0) is 35.4 Å². The molecule has 7 heteroatoms. The SMILES string of the molecule is C#CCOc1cc(/C=C/c2ccc(OCOC)c(OCOC)c2)cc(OCOC)c1. The first-order valence-corrected chi connectivity index (χ1v) is 9.08. The second kappa shape index (κ2) is 13.1. The minimum absolute atomic E-state index is 0.102. The van der Waals surface area contributed by atoms with Crippen molar-refractivity contribution in [2.24, 2.45) is 0 Å². The summed E-state index contributed by atoms with van der Waals surface area (Å²) in [5, 5.41) is 0. The van der Waals surface area contributed by atoms with E-state index < -0.39 is 0 Å². The van der Waals surface area contributed by atoms with Crippen LogP contribution >= 0.6 is 0 Å². The quantitative estimate of drug-likeness (QED) is 0.280. The van der Waals surface area contributed by atoms with Gasteiger partial charge >= 0.3 is 0 Å². The second-order valence-electron chi connectivity index (χ2n) is 5.92. The van der Waals surface area contributed by atoms with Crippen LogP contribution in [-0.2, 0) is 14.2 Å². The number of benzene rings is 2. The van der Waals surface area contributed by atoms with E-state index in [0.29, 0.717) is 23.0 Å². The predicted octanol–water partition coefficient (Wildman–Crippen LogP) is 3.82. The molecule has 0 aliphatic heterocycles. The lowest BCUT2D eigenvalue weighted by Gasteiger charge is -2.12. The fourth-order valence-electron chi connectivity index (χ4n) is 2.41. The molecule has 0 saturated carbocycles. The standard InChI is InChI=1S/C23H26O7/c1-5-10-27-20-11-19(12-21(14-20)28-15-24-2)7-6-18-8-9-22(29-16-25-3)23(13-18)30-17-26-4/h1,6-9,11-14H,10,15-17H2,2-4H3/b7-6+. The molecule has 0 atom stereocenters. The van der Waals surface area contributed by atoms with Crippen LogP contribution in [0.25, 0.3) is 12.2 Å². The molecule has 0 N–H and O–H groups in total. The van der Waals surface area contributed by atoms with Crippen molar-refractivity contribution in [1.82, 2.24) is 0 Å². The topological polar surface area (TPSA) is 64.6 Å². The molecule has 160 valence electrons. The Morgan fingerprint density at radius 1 is 0.700 bits per heavy atom. The van der Waals surface area contributed by atoms with Gasteiger partial charge in [0.1, 0.15) is 18.1 Å². The van der Waals surface area contributed by atoms with E-state index in [1.54, 1.807) is 27.4 Å². The van der Waals surface area contributed by atoms with Gasteiger partial charge < -0.3 is 33.2 Å². The molecule has 30 heavy (non-hydrogen) atoms. The summed E-state index contributed by atoms with van der Waals surface area (Å²) in [6, 6.07) is 11.1. The van der Waals surface area contributed by atoms with Crippen molar-refractivity contribution in [3.63, 3.8) is 0 Å². The molecule has 7 nitrogen and oxygen atoms in total. The number of hydrogen-bond acceptors (Lipinski definition) is 7. The molecule has 2 rings (SSSR count). The normalized spacial score (nSPS) is 10.6. The van der Waals surface area contributed by atoms with Gasteiger partial charge in [-0.3, -0.25) is 0 Å². The number of rotatable bonds is 13. The minimum atomic E-state index is 0.102. The summed E-state index contributed by atoms with van der Waals surface area (Å²) in [6.07, 6.45) is 9.13. The van der Waals surface area contributed by atoms with E-state index in [2.05, 4.69) is 5.92 Å². The van der Waals surface area contributed by atoms with E-state index in [9.17, 15) is 0 Å². The number of hydrogen-bond donors (Lipinski definition) is 0. The summed E-state index contributed by atoms with van der Waals surface area (Å²) < 4.78 is 37.1. The van der Waals surface area contributed by atoms with Crippen LogP contribution in [0.1, 0.15) is 11.1 Å². The van der Waals surface area contributed by atoms with Crippen molar-refractivity contribution in [3.8, 4) is 35.3 Å². The summed E-state index contributed by atoms with van der Waals surface area (Å²) in [6.45, 7) is 0.517. The van der Waals surface area contributed by atoms with Crippen molar-refractivity contribution in [3.05, 3.63) is 47.5 Å². The Hall–Kier alpha value is -3.18. The molecule has 0 amide bonds. The predicted molar refractivity (Wildman–Crippen MR) is 114 cm³/mol. The Morgan fingerprint density at radius 2 is 1.30 bits per heavy atom. The Bertz CT molecular complexity index is 855. The van der Waals surface area contributed by atoms with Gasteiger partial charge in [0.05, 0.1) is 0 Å². The van der Waals surface area contributed by atoms with Crippen molar-refractivity contribution >= 4 is 12.2 Å². The number of methoxy groups -OCH3 is 3. The first-order chi connectivity index (χ1) is 14.7. The Kier molecular flexibility index (Phi) is 10.1. The molecule has 0 unspecified atom stereocenters. The van der Waals surface area contributed by atoms with E-state index in [-0.39, 0.29) is 27.0 Å². The molecule has 0 aliphatic rings. The third-order valence-corrected chi connectivity index (χ3v) is 3.67. The monoisotopic (exact) mass is 414 g/mol. The van der Waals surface area contributed by atoms with Crippen LogP contribution in [0.5, 0.6) is 23.0 Å². The molecule has 0 bridgehead atoms. The second-order valence-corrected chi connectivity index (χ2v) is 5.92. The zero-order valence-corrected chi connectivity index (χ0v) is 17.4. The molecule has 0 radical (unpaired) electrons. The molecule has 0 heterocycles. The highest BCUT2D eigenvalue weighted by atomic mass is 16.7. The maximum Gasteiger partial charge on any atom is 0.188 e. The highest BCUT2D eigenvalue weighted by Crippen LogP contribution is 2.30. The maximum atomic E-state index is 5.59. The maximum absolute atomic E-state index is 5.59. The third kappa shape index (κ3) is 7.68. The Balaban J connectivity index is 2.24. The Labute approximate surface area is 177 Å². The lowest BCUT2D eigenvalue weighted by Crippen LogP contribution is -2.04. The summed E-state index contributed by atoms with van der Waals surface area (Å²) in [4.78, 5) is 0. The van der Waals surface area contributed by atoms with E-state index in [4.69, 9.17) is 39.6 Å². The highest BCUT2D eigenvalue weighted by molar-refractivity contribution is 5.72. The zero-order valence-electron chi connectivity index (χ0n) is 17.4. The molecular formula is C23H26O7. The number of ether oxygens (including phenoxy) is 7. The first kappa shape index (κ1) is 23.1. The molecule has 0 fully saturated rings. The van der Waals surface area contributed by atoms with Crippen molar-refractivity contribution in [2.75, 3.05) is 48.3 Å². The first-order valence-electron chi connectivity index (χ1n) is 9.08. The van der Waals surface area contributed by atoms with Crippen LogP contribution in [0, 0.1) is 12.3 Å². The van der Waals surface area contributed by atoms with Crippen molar-refractivity contribution in [1.29, 1.82) is 0 Å². The van der Waals surface area contributed by atoms with Gasteiger partial charge in [-0.15, -0.1) is 6.42 Å². The van der Waals surface area contributed by atoms with Crippen LogP contribution in [0.4, 0.5) is 0 Å². The summed E-state index contributed by atoms with van der Waals surface area (Å²) in [5.74, 6) is 4.77. The summed E-state index contributed by atoms with van der Waals surface area (Å²) >= 11 is 0. The van der Waals surface area contributed by atoms with Crippen LogP contribution in [0.2, 0.25) is 0 Å². The fraction of sp³-hybridized carbons (Fsp3) is 0.304. The van der Waals surface area contributed by atoms with Crippen LogP contribution < -0.4 is 18.9 Å². The molecule has 2 aromatic rings. The van der Waals surface area contributed by atoms with E-state index in [1.807, 2.05) is 42.5 Å². The lowest BCUT2D eigenvalue weighted by molar-refractivity contribution is 0.0322. The van der Waals surface area contributed by atoms with Crippen molar-refractivity contribution < 1.29 is 33.2 Å². The minimum Gasteiger partial charge on any atom is -0.481 e. The molecule has 0 spiro atoms. The average Bonchev–Trinajstić information content (AvgIpc) is 2.77. The van der Waals surface area contributed by atoms with Gasteiger partial charge in [-0.2, -0.15) is 0 Å². The van der Waals surface area contributed by atoms with Crippen LogP contribution in [0.3, 0.4) is 0 Å². The molecule has 0 aromatic heterocycles. The van der Waals surface area contributed by atoms with E-state index in [1.165, 1.54) is 0 Å². The van der Waals surface area contributed by atoms with Gasteiger partial charge in [0.2, 0.25) is 0 Å². The van der Waals surface area contributed by atoms with Crippen LogP contribution in [-0.4, -0.2) is 48.3 Å². The molecule has 0 aliphatic carbocycles. The molecular weight excluding hydrogens is 388 g/mol. The summed E-state index contributed by atoms with van der Waals surface area (Å²) in [5.41, 5.74) is 1.77. The van der Waals surface area contributed by atoms with Crippen LogP contribution in [0.15, 0.2) is 36.4 Å². The van der Waals surface area contributed by atoms with Gasteiger partial charge in [0, 0.05) is 27.4 Å².